The van der Waals surface area contributed by atoms with Crippen molar-refractivity contribution < 1.29 is 18.0 Å². The monoisotopic (exact) mass is 582 g/mol. The van der Waals surface area contributed by atoms with E-state index in [-0.39, 0.29) is 28.4 Å². The van der Waals surface area contributed by atoms with E-state index < -0.39 is 9.84 Å². The molecule has 1 atom stereocenters. The third-order valence-electron chi connectivity index (χ3n) is 6.91. The average Bonchev–Trinajstić information content (AvgIpc) is 3.67. The lowest BCUT2D eigenvalue weighted by atomic mass is 10.2. The largest absolute Gasteiger partial charge is 0.341 e. The number of rotatable bonds is 6. The number of halogens is 1. The highest BCUT2D eigenvalue weighted by Crippen LogP contribution is 2.37. The molecule has 0 N–H and O–H groups in total. The van der Waals surface area contributed by atoms with E-state index in [9.17, 15) is 18.0 Å². The summed E-state index contributed by atoms with van der Waals surface area (Å²) >= 11 is 8.00. The number of likely N-dealkylation sites (N-methyl/N-ethyl adjacent to an activating group) is 1. The summed E-state index contributed by atoms with van der Waals surface area (Å²) < 4.78 is 25.8. The zero-order chi connectivity index (χ0) is 27.9. The van der Waals surface area contributed by atoms with E-state index in [1.807, 2.05) is 36.4 Å². The molecule has 202 valence electrons. The summed E-state index contributed by atoms with van der Waals surface area (Å²) in [7, 11) is -1.59. The van der Waals surface area contributed by atoms with Crippen LogP contribution >= 0.6 is 22.9 Å². The van der Waals surface area contributed by atoms with Crippen LogP contribution in [-0.4, -0.2) is 72.2 Å². The molecule has 3 heterocycles. The predicted octanol–water partition coefficient (Wildman–Crippen LogP) is 5.02. The molecule has 5 rings (SSSR count). The first kappa shape index (κ1) is 27.1. The van der Waals surface area contributed by atoms with Crippen LogP contribution in [0.1, 0.15) is 23.8 Å². The molecule has 0 spiro atoms. The van der Waals surface area contributed by atoms with Gasteiger partial charge in [0.15, 0.2) is 15.5 Å². The number of thiophene rings is 1. The summed E-state index contributed by atoms with van der Waals surface area (Å²) in [5.74, 6) is -0.241. The molecule has 8 nitrogen and oxygen atoms in total. The Bertz CT molecular complexity index is 1680. The first-order chi connectivity index (χ1) is 18.5. The maximum atomic E-state index is 13.5. The molecule has 11 heteroatoms. The highest BCUT2D eigenvalue weighted by Gasteiger charge is 2.32. The minimum Gasteiger partial charge on any atom is -0.341 e. The first-order valence-corrected chi connectivity index (χ1v) is 15.4. The SMILES string of the molecule is CC(=O)N(C)C1CCN(C(=O)c2cc(-c3ccc(-c4cccc(S(C)(=O)=O)c4)s3)n(-c3ccccc3Cl)n2)C1. The Kier molecular flexibility index (Phi) is 7.37. The van der Waals surface area contributed by atoms with E-state index in [1.165, 1.54) is 24.5 Å². The standard InChI is InChI=1S/C28H27ClN4O4S2/c1-18(34)31(2)20-13-14-32(17-20)28(35)23-16-25(33(30-23)24-10-5-4-9-22(24)29)27-12-11-26(38-27)19-7-6-8-21(15-19)39(3,36)37/h4-12,15-16,20H,13-14,17H2,1-3H3. The van der Waals surface area contributed by atoms with Gasteiger partial charge in [-0.15, -0.1) is 11.3 Å². The summed E-state index contributed by atoms with van der Waals surface area (Å²) in [4.78, 5) is 30.7. The minimum atomic E-state index is -3.34. The Morgan fingerprint density at radius 1 is 1.05 bits per heavy atom. The second kappa shape index (κ2) is 10.6. The highest BCUT2D eigenvalue weighted by molar-refractivity contribution is 7.90. The number of hydrogen-bond acceptors (Lipinski definition) is 6. The van der Waals surface area contributed by atoms with Crippen LogP contribution in [0.15, 0.2) is 71.6 Å². The van der Waals surface area contributed by atoms with Gasteiger partial charge in [0.25, 0.3) is 5.91 Å². The number of likely N-dealkylation sites (tertiary alicyclic amines) is 1. The second-order valence-corrected chi connectivity index (χ2v) is 13.1. The number of benzene rings is 2. The zero-order valence-electron chi connectivity index (χ0n) is 21.7. The Morgan fingerprint density at radius 3 is 2.51 bits per heavy atom. The molecule has 0 saturated carbocycles. The number of amides is 2. The average molecular weight is 583 g/mol. The van der Waals surface area contributed by atoms with Crippen molar-refractivity contribution in [2.75, 3.05) is 26.4 Å². The van der Waals surface area contributed by atoms with Gasteiger partial charge in [-0.2, -0.15) is 5.10 Å². The number of carbonyl (C=O) groups excluding carboxylic acids is 2. The molecule has 4 aromatic rings. The Hall–Kier alpha value is -3.47. The number of para-hydroxylation sites is 1. The van der Waals surface area contributed by atoms with Crippen molar-refractivity contribution in [1.29, 1.82) is 0 Å². The number of aromatic nitrogens is 2. The van der Waals surface area contributed by atoms with Crippen molar-refractivity contribution in [3.63, 3.8) is 0 Å². The summed E-state index contributed by atoms with van der Waals surface area (Å²) in [6, 6.07) is 19.7. The Balaban J connectivity index is 1.52. The summed E-state index contributed by atoms with van der Waals surface area (Å²) in [5.41, 5.74) is 2.40. The lowest BCUT2D eigenvalue weighted by Gasteiger charge is -2.23. The molecule has 0 radical (unpaired) electrons. The van der Waals surface area contributed by atoms with Crippen molar-refractivity contribution in [2.45, 2.75) is 24.3 Å². The van der Waals surface area contributed by atoms with Crippen molar-refractivity contribution >= 4 is 44.6 Å². The minimum absolute atomic E-state index is 0.0286. The second-order valence-electron chi connectivity index (χ2n) is 9.57. The van der Waals surface area contributed by atoms with Gasteiger partial charge in [0, 0.05) is 38.2 Å². The maximum Gasteiger partial charge on any atom is 0.274 e. The van der Waals surface area contributed by atoms with Gasteiger partial charge < -0.3 is 9.80 Å². The molecular weight excluding hydrogens is 556 g/mol. The fourth-order valence-corrected chi connectivity index (χ4v) is 6.53. The Labute approximate surface area is 236 Å². The van der Waals surface area contributed by atoms with Crippen LogP contribution in [0.4, 0.5) is 0 Å². The van der Waals surface area contributed by atoms with E-state index in [4.69, 9.17) is 11.6 Å². The topological polar surface area (TPSA) is 92.6 Å². The van der Waals surface area contributed by atoms with Crippen LogP contribution in [-0.2, 0) is 14.6 Å². The summed E-state index contributed by atoms with van der Waals surface area (Å²) in [6.45, 7) is 2.51. The summed E-state index contributed by atoms with van der Waals surface area (Å²) in [6.07, 6.45) is 1.90. The van der Waals surface area contributed by atoms with Crippen molar-refractivity contribution in [3.05, 3.63) is 77.4 Å². The van der Waals surface area contributed by atoms with Crippen molar-refractivity contribution in [3.8, 4) is 26.7 Å². The number of nitrogens with zero attached hydrogens (tertiary/aromatic N) is 4. The van der Waals surface area contributed by atoms with Crippen LogP contribution in [0.3, 0.4) is 0 Å². The molecule has 0 bridgehead atoms. The zero-order valence-corrected chi connectivity index (χ0v) is 24.1. The lowest BCUT2D eigenvalue weighted by molar-refractivity contribution is -0.129. The van der Waals surface area contributed by atoms with Crippen molar-refractivity contribution in [1.82, 2.24) is 19.6 Å². The number of hydrogen-bond donors (Lipinski definition) is 0. The van der Waals surface area contributed by atoms with E-state index in [2.05, 4.69) is 5.10 Å². The van der Waals surface area contributed by atoms with E-state index in [1.54, 1.807) is 51.9 Å². The van der Waals surface area contributed by atoms with Crippen LogP contribution in [0.2, 0.25) is 5.02 Å². The third kappa shape index (κ3) is 5.50. The Morgan fingerprint density at radius 2 is 1.79 bits per heavy atom. The molecule has 2 amide bonds. The number of sulfone groups is 1. The molecule has 1 fully saturated rings. The normalized spacial score (nSPS) is 15.5. The van der Waals surface area contributed by atoms with E-state index >= 15 is 0 Å². The van der Waals surface area contributed by atoms with Crippen LogP contribution in [0.5, 0.6) is 0 Å². The first-order valence-electron chi connectivity index (χ1n) is 12.3. The quantitative estimate of drug-likeness (QED) is 0.318. The smallest absolute Gasteiger partial charge is 0.274 e. The molecule has 1 aliphatic rings. The van der Waals surface area contributed by atoms with Gasteiger partial charge in [0.05, 0.1) is 32.2 Å². The lowest BCUT2D eigenvalue weighted by Crippen LogP contribution is -2.39. The van der Waals surface area contributed by atoms with Gasteiger partial charge in [-0.25, -0.2) is 13.1 Å². The van der Waals surface area contributed by atoms with Gasteiger partial charge >= 0.3 is 0 Å². The van der Waals surface area contributed by atoms with Crippen LogP contribution in [0, 0.1) is 0 Å². The van der Waals surface area contributed by atoms with Crippen LogP contribution < -0.4 is 0 Å². The van der Waals surface area contributed by atoms with Gasteiger partial charge in [-0.3, -0.25) is 9.59 Å². The fraction of sp³-hybridized carbons (Fsp3) is 0.250. The highest BCUT2D eigenvalue weighted by atomic mass is 35.5. The van der Waals surface area contributed by atoms with Gasteiger partial charge in [0.1, 0.15) is 0 Å². The van der Waals surface area contributed by atoms with Crippen molar-refractivity contribution in [2.24, 2.45) is 0 Å². The van der Waals surface area contributed by atoms with Gasteiger partial charge in [-0.05, 0) is 54.4 Å². The number of carbonyl (C=O) groups is 2. The van der Waals surface area contributed by atoms with Crippen LogP contribution in [0.25, 0.3) is 26.7 Å². The molecule has 0 aliphatic carbocycles. The molecule has 2 aromatic carbocycles. The predicted molar refractivity (Wildman–Crippen MR) is 153 cm³/mol. The van der Waals surface area contributed by atoms with Gasteiger partial charge in [-0.1, -0.05) is 35.9 Å². The molecule has 1 unspecified atom stereocenters. The molecule has 39 heavy (non-hydrogen) atoms. The third-order valence-corrected chi connectivity index (χ3v) is 9.50. The summed E-state index contributed by atoms with van der Waals surface area (Å²) in [5, 5.41) is 5.17. The maximum absolute atomic E-state index is 13.5. The molecule has 1 aliphatic heterocycles. The van der Waals surface area contributed by atoms with E-state index in [0.717, 1.165) is 15.3 Å². The molecule has 2 aromatic heterocycles. The molecule has 1 saturated heterocycles. The van der Waals surface area contributed by atoms with Gasteiger partial charge in [0.2, 0.25) is 5.91 Å². The van der Waals surface area contributed by atoms with E-state index in [0.29, 0.717) is 35.9 Å². The fourth-order valence-electron chi connectivity index (χ4n) is 4.64. The molecular formula is C28H27ClN4O4S2.